The fourth-order valence-electron chi connectivity index (χ4n) is 4.06. The highest BCUT2D eigenvalue weighted by Gasteiger charge is 2.26. The van der Waals surface area contributed by atoms with Crippen LogP contribution in [0.3, 0.4) is 0 Å². The molecule has 1 fully saturated rings. The van der Waals surface area contributed by atoms with Crippen LogP contribution in [0.2, 0.25) is 0 Å². The van der Waals surface area contributed by atoms with Gasteiger partial charge in [-0.3, -0.25) is 13.9 Å². The quantitative estimate of drug-likeness (QED) is 0.608. The number of hydrogen-bond donors (Lipinski definition) is 1. The molecule has 9 nitrogen and oxygen atoms in total. The monoisotopic (exact) mass is 431 g/mol. The molecule has 9 heteroatoms. The molecule has 2 N–H and O–H groups in total. The molecule has 4 rings (SSSR count). The number of nitrogens with zero attached hydrogens (tertiary/aromatic N) is 6. The van der Waals surface area contributed by atoms with Crippen molar-refractivity contribution in [2.45, 2.75) is 38.9 Å². The third-order valence-electron chi connectivity index (χ3n) is 5.61. The molecule has 0 aliphatic carbocycles. The lowest BCUT2D eigenvalue weighted by Crippen LogP contribution is -2.44. The molecular weight excluding hydrogens is 406 g/mol. The summed E-state index contributed by atoms with van der Waals surface area (Å²) in [6.07, 6.45) is 1.92. The van der Waals surface area contributed by atoms with Gasteiger partial charge in [0.1, 0.15) is 0 Å². The van der Waals surface area contributed by atoms with Gasteiger partial charge in [0, 0.05) is 19.1 Å². The van der Waals surface area contributed by atoms with Crippen molar-refractivity contribution in [2.75, 3.05) is 25.1 Å². The predicted octanol–water partition coefficient (Wildman–Crippen LogP) is 1.47. The smallest absolute Gasteiger partial charge is 0.301 e. The maximum atomic E-state index is 13.7. The number of ether oxygens (including phenoxy) is 1. The average molecular weight is 432 g/mol. The van der Waals surface area contributed by atoms with Crippen LogP contribution in [0.5, 0.6) is 6.01 Å². The van der Waals surface area contributed by atoms with Crippen LogP contribution in [0.25, 0.3) is 11.2 Å². The van der Waals surface area contributed by atoms with Gasteiger partial charge in [0.25, 0.3) is 5.56 Å². The van der Waals surface area contributed by atoms with Crippen molar-refractivity contribution >= 4 is 17.1 Å². The Bertz CT molecular complexity index is 1310. The van der Waals surface area contributed by atoms with E-state index in [9.17, 15) is 10.1 Å². The van der Waals surface area contributed by atoms with Crippen LogP contribution in [0.1, 0.15) is 30.9 Å². The number of nitrogens with two attached hydrogens (primary N) is 1. The molecule has 3 aromatic rings. The highest BCUT2D eigenvalue weighted by molar-refractivity contribution is 5.75. The van der Waals surface area contributed by atoms with Crippen molar-refractivity contribution in [1.82, 2.24) is 19.1 Å². The SMILES string of the molecule is CC#CCn1c(N2CCCC(N)C2)nc2nc(OC)n(Cc3ccccc3C#N)c(=O)c21. The summed E-state index contributed by atoms with van der Waals surface area (Å²) in [6, 6.07) is 9.52. The Kier molecular flexibility index (Phi) is 6.11. The van der Waals surface area contributed by atoms with Crippen molar-refractivity contribution in [3.8, 4) is 23.9 Å². The fraction of sp³-hybridized carbons (Fsp3) is 0.391. The predicted molar refractivity (Wildman–Crippen MR) is 121 cm³/mol. The van der Waals surface area contributed by atoms with Crippen molar-refractivity contribution < 1.29 is 4.74 Å². The van der Waals surface area contributed by atoms with Gasteiger partial charge in [-0.15, -0.1) is 5.92 Å². The number of piperidine rings is 1. The van der Waals surface area contributed by atoms with Gasteiger partial charge >= 0.3 is 6.01 Å². The van der Waals surface area contributed by atoms with E-state index in [1.807, 2.05) is 16.7 Å². The molecule has 1 unspecified atom stereocenters. The van der Waals surface area contributed by atoms with Gasteiger partial charge in [0.05, 0.1) is 31.8 Å². The van der Waals surface area contributed by atoms with Crippen LogP contribution in [0.15, 0.2) is 29.1 Å². The molecule has 1 aromatic carbocycles. The Morgan fingerprint density at radius 2 is 2.09 bits per heavy atom. The standard InChI is InChI=1S/C23H25N7O2/c1-3-4-12-29-19-20(26-22(29)28-11-7-10-18(25)15-28)27-23(32-2)30(21(19)31)14-17-9-6-5-8-16(17)13-24/h5-6,8-9,18H,7,10-12,14-15,25H2,1-2H3. The minimum absolute atomic E-state index is 0.0518. The lowest BCUT2D eigenvalue weighted by atomic mass is 10.1. The molecular formula is C23H25N7O2. The van der Waals surface area contributed by atoms with Gasteiger partial charge in [-0.1, -0.05) is 24.1 Å². The van der Waals surface area contributed by atoms with Gasteiger partial charge in [-0.2, -0.15) is 15.2 Å². The van der Waals surface area contributed by atoms with Crippen molar-refractivity contribution in [3.63, 3.8) is 0 Å². The largest absolute Gasteiger partial charge is 0.468 e. The third kappa shape index (κ3) is 3.91. The minimum Gasteiger partial charge on any atom is -0.468 e. The van der Waals surface area contributed by atoms with E-state index in [1.165, 1.54) is 11.7 Å². The number of hydrogen-bond acceptors (Lipinski definition) is 7. The maximum absolute atomic E-state index is 13.7. The molecule has 0 amide bonds. The van der Waals surface area contributed by atoms with Gasteiger partial charge in [0.15, 0.2) is 11.2 Å². The van der Waals surface area contributed by atoms with E-state index in [1.54, 1.807) is 19.1 Å². The number of aromatic nitrogens is 4. The number of anilines is 1. The Morgan fingerprint density at radius 3 is 2.81 bits per heavy atom. The Morgan fingerprint density at radius 1 is 1.28 bits per heavy atom. The van der Waals surface area contributed by atoms with Gasteiger partial charge in [0.2, 0.25) is 5.95 Å². The second-order valence-electron chi connectivity index (χ2n) is 7.70. The summed E-state index contributed by atoms with van der Waals surface area (Å²) in [7, 11) is 1.46. The molecule has 2 aromatic heterocycles. The number of imidazole rings is 1. The average Bonchev–Trinajstić information content (AvgIpc) is 3.18. The van der Waals surface area contributed by atoms with Crippen LogP contribution < -0.4 is 20.9 Å². The molecule has 1 saturated heterocycles. The van der Waals surface area contributed by atoms with Crippen LogP contribution in [-0.2, 0) is 13.1 Å². The first-order valence-electron chi connectivity index (χ1n) is 10.5. The molecule has 164 valence electrons. The minimum atomic E-state index is -0.294. The van der Waals surface area contributed by atoms with E-state index in [0.29, 0.717) is 41.3 Å². The fourth-order valence-corrected chi connectivity index (χ4v) is 4.06. The van der Waals surface area contributed by atoms with Gasteiger partial charge in [-0.25, -0.2) is 0 Å². The normalized spacial score (nSPS) is 15.8. The summed E-state index contributed by atoms with van der Waals surface area (Å²) in [5, 5.41) is 9.44. The molecule has 0 bridgehead atoms. The van der Waals surface area contributed by atoms with Crippen LogP contribution >= 0.6 is 0 Å². The van der Waals surface area contributed by atoms with E-state index >= 15 is 0 Å². The molecule has 0 saturated carbocycles. The Hall–Kier alpha value is -3.82. The number of fused-ring (bicyclic) bond motifs is 1. The van der Waals surface area contributed by atoms with Crippen molar-refractivity contribution in [3.05, 3.63) is 45.7 Å². The zero-order valence-electron chi connectivity index (χ0n) is 18.2. The molecule has 1 aliphatic heterocycles. The molecule has 3 heterocycles. The first kappa shape index (κ1) is 21.4. The van der Waals surface area contributed by atoms with Crippen LogP contribution in [-0.4, -0.2) is 45.3 Å². The van der Waals surface area contributed by atoms with Gasteiger partial charge < -0.3 is 15.4 Å². The zero-order valence-corrected chi connectivity index (χ0v) is 18.2. The van der Waals surface area contributed by atoms with E-state index in [4.69, 9.17) is 10.5 Å². The summed E-state index contributed by atoms with van der Waals surface area (Å²) >= 11 is 0. The Labute approximate surface area is 186 Å². The third-order valence-corrected chi connectivity index (χ3v) is 5.61. The van der Waals surface area contributed by atoms with E-state index in [2.05, 4.69) is 32.8 Å². The lowest BCUT2D eigenvalue weighted by molar-refractivity contribution is 0.353. The number of methoxy groups -OCH3 is 1. The summed E-state index contributed by atoms with van der Waals surface area (Å²) in [5.74, 6) is 6.57. The second kappa shape index (κ2) is 9.13. The molecule has 1 atom stereocenters. The lowest BCUT2D eigenvalue weighted by Gasteiger charge is -2.31. The highest BCUT2D eigenvalue weighted by atomic mass is 16.5. The second-order valence-corrected chi connectivity index (χ2v) is 7.70. The van der Waals surface area contributed by atoms with E-state index in [0.717, 1.165) is 19.4 Å². The summed E-state index contributed by atoms with van der Waals surface area (Å²) in [5.41, 5.74) is 7.76. The number of benzene rings is 1. The topological polar surface area (TPSA) is 115 Å². The number of rotatable bonds is 5. The van der Waals surface area contributed by atoms with Crippen molar-refractivity contribution in [2.24, 2.45) is 5.73 Å². The van der Waals surface area contributed by atoms with E-state index < -0.39 is 0 Å². The maximum Gasteiger partial charge on any atom is 0.301 e. The van der Waals surface area contributed by atoms with Crippen LogP contribution in [0, 0.1) is 23.2 Å². The number of nitriles is 1. The van der Waals surface area contributed by atoms with E-state index in [-0.39, 0.29) is 24.2 Å². The first-order valence-corrected chi connectivity index (χ1v) is 10.5. The molecule has 1 aliphatic rings. The van der Waals surface area contributed by atoms with Crippen molar-refractivity contribution in [1.29, 1.82) is 5.26 Å². The molecule has 32 heavy (non-hydrogen) atoms. The summed E-state index contributed by atoms with van der Waals surface area (Å²) in [6.45, 7) is 3.69. The van der Waals surface area contributed by atoms with Gasteiger partial charge in [-0.05, 0) is 31.4 Å². The first-order chi connectivity index (χ1) is 15.6. The highest BCUT2D eigenvalue weighted by Crippen LogP contribution is 2.24. The molecule has 0 radical (unpaired) electrons. The zero-order chi connectivity index (χ0) is 22.7. The summed E-state index contributed by atoms with van der Waals surface area (Å²) in [4.78, 5) is 25.0. The Balaban J connectivity index is 1.90. The van der Waals surface area contributed by atoms with Crippen LogP contribution in [0.4, 0.5) is 5.95 Å². The summed E-state index contributed by atoms with van der Waals surface area (Å²) < 4.78 is 8.67. The molecule has 0 spiro atoms.